The second-order valence-electron chi connectivity index (χ2n) is 4.99. The molecule has 80 valence electrons. The second-order valence-corrected chi connectivity index (χ2v) is 5.56. The van der Waals surface area contributed by atoms with E-state index in [0.717, 1.165) is 12.8 Å². The summed E-state index contributed by atoms with van der Waals surface area (Å²) in [5, 5.41) is 0.156. The first kappa shape index (κ1) is 10.7. The van der Waals surface area contributed by atoms with Crippen LogP contribution in [0.1, 0.15) is 32.3 Å². The van der Waals surface area contributed by atoms with Crippen LogP contribution in [-0.4, -0.2) is 10.4 Å². The molecule has 0 spiro atoms. The van der Waals surface area contributed by atoms with Crippen LogP contribution in [0.15, 0.2) is 30.6 Å². The predicted molar refractivity (Wildman–Crippen MR) is 64.9 cm³/mol. The molecule has 0 aliphatic heterocycles. The molecule has 2 rings (SSSR count). The highest BCUT2D eigenvalue weighted by Crippen LogP contribution is 2.40. The molecule has 0 N–H and O–H groups in total. The fraction of sp³-hybridized carbons (Fsp3) is 0.462. The molecule has 15 heavy (non-hydrogen) atoms. The molecule has 0 fully saturated rings. The predicted octanol–water partition coefficient (Wildman–Crippen LogP) is 3.89. The zero-order chi connectivity index (χ0) is 10.9. The summed E-state index contributed by atoms with van der Waals surface area (Å²) in [6.45, 7) is 4.54. The Morgan fingerprint density at radius 1 is 1.47 bits per heavy atom. The van der Waals surface area contributed by atoms with Gasteiger partial charge in [0.1, 0.15) is 0 Å². The first-order valence-electron chi connectivity index (χ1n) is 5.32. The van der Waals surface area contributed by atoms with Crippen molar-refractivity contribution < 1.29 is 0 Å². The zero-order valence-corrected chi connectivity index (χ0v) is 9.96. The van der Waals surface area contributed by atoms with Crippen LogP contribution < -0.4 is 0 Å². The minimum atomic E-state index is 0.156. The molecular weight excluding hydrogens is 206 g/mol. The van der Waals surface area contributed by atoms with E-state index in [1.807, 2.05) is 12.3 Å². The summed E-state index contributed by atoms with van der Waals surface area (Å²) in [6.07, 6.45) is 8.02. The molecule has 0 saturated carbocycles. The van der Waals surface area contributed by atoms with Gasteiger partial charge >= 0.3 is 0 Å². The molecule has 1 unspecified atom stereocenters. The van der Waals surface area contributed by atoms with Crippen molar-refractivity contribution in [3.63, 3.8) is 0 Å². The van der Waals surface area contributed by atoms with E-state index in [2.05, 4.69) is 31.0 Å². The average Bonchev–Trinajstić information content (AvgIpc) is 2.16. The SMILES string of the molecule is CC1(C)CC(c2cccnc2)=CC(Cl)C1. The Morgan fingerprint density at radius 3 is 2.87 bits per heavy atom. The van der Waals surface area contributed by atoms with Crippen LogP contribution in [0.2, 0.25) is 0 Å². The highest BCUT2D eigenvalue weighted by atomic mass is 35.5. The van der Waals surface area contributed by atoms with E-state index in [4.69, 9.17) is 11.6 Å². The molecular formula is C13H16ClN. The summed E-state index contributed by atoms with van der Waals surface area (Å²) in [6, 6.07) is 4.07. The summed E-state index contributed by atoms with van der Waals surface area (Å²) < 4.78 is 0. The molecule has 0 radical (unpaired) electrons. The van der Waals surface area contributed by atoms with Crippen molar-refractivity contribution in [2.75, 3.05) is 0 Å². The molecule has 1 aliphatic carbocycles. The largest absolute Gasteiger partial charge is 0.264 e. The number of alkyl halides is 1. The summed E-state index contributed by atoms with van der Waals surface area (Å²) >= 11 is 6.25. The smallest absolute Gasteiger partial charge is 0.0527 e. The van der Waals surface area contributed by atoms with Crippen molar-refractivity contribution in [3.05, 3.63) is 36.2 Å². The molecule has 2 heteroatoms. The van der Waals surface area contributed by atoms with E-state index >= 15 is 0 Å². The molecule has 1 aromatic heterocycles. The van der Waals surface area contributed by atoms with Gasteiger partial charge in [-0.2, -0.15) is 0 Å². The maximum atomic E-state index is 6.25. The van der Waals surface area contributed by atoms with Crippen LogP contribution in [0.3, 0.4) is 0 Å². The van der Waals surface area contributed by atoms with Crippen molar-refractivity contribution in [2.45, 2.75) is 32.1 Å². The van der Waals surface area contributed by atoms with E-state index in [0.29, 0.717) is 5.41 Å². The van der Waals surface area contributed by atoms with Crippen molar-refractivity contribution in [3.8, 4) is 0 Å². The summed E-state index contributed by atoms with van der Waals surface area (Å²) in [5.74, 6) is 0. The number of hydrogen-bond donors (Lipinski definition) is 0. The Labute approximate surface area is 96.2 Å². The fourth-order valence-electron chi connectivity index (χ4n) is 2.20. The number of hydrogen-bond acceptors (Lipinski definition) is 1. The van der Waals surface area contributed by atoms with E-state index < -0.39 is 0 Å². The molecule has 0 bridgehead atoms. The Balaban J connectivity index is 2.30. The van der Waals surface area contributed by atoms with Gasteiger partial charge in [0.25, 0.3) is 0 Å². The number of pyridine rings is 1. The minimum absolute atomic E-state index is 0.156. The van der Waals surface area contributed by atoms with Crippen molar-refractivity contribution in [1.29, 1.82) is 0 Å². The van der Waals surface area contributed by atoms with Crippen LogP contribution in [0.4, 0.5) is 0 Å². The summed E-state index contributed by atoms with van der Waals surface area (Å²) in [4.78, 5) is 4.15. The zero-order valence-electron chi connectivity index (χ0n) is 9.20. The van der Waals surface area contributed by atoms with Crippen LogP contribution in [0, 0.1) is 5.41 Å². The third kappa shape index (κ3) is 2.60. The number of aromatic nitrogens is 1. The quantitative estimate of drug-likeness (QED) is 0.656. The molecule has 1 aliphatic rings. The Bertz CT molecular complexity index is 367. The van der Waals surface area contributed by atoms with Crippen LogP contribution in [-0.2, 0) is 0 Å². The van der Waals surface area contributed by atoms with E-state index in [1.165, 1.54) is 11.1 Å². The van der Waals surface area contributed by atoms with E-state index in [-0.39, 0.29) is 5.38 Å². The number of nitrogens with zero attached hydrogens (tertiary/aromatic N) is 1. The van der Waals surface area contributed by atoms with Crippen molar-refractivity contribution in [2.24, 2.45) is 5.41 Å². The van der Waals surface area contributed by atoms with E-state index in [1.54, 1.807) is 6.20 Å². The van der Waals surface area contributed by atoms with Crippen LogP contribution >= 0.6 is 11.6 Å². The van der Waals surface area contributed by atoms with Gasteiger partial charge < -0.3 is 0 Å². The van der Waals surface area contributed by atoms with Crippen molar-refractivity contribution in [1.82, 2.24) is 4.98 Å². The molecule has 1 aromatic rings. The number of rotatable bonds is 1. The van der Waals surface area contributed by atoms with Gasteiger partial charge in [0.15, 0.2) is 0 Å². The highest BCUT2D eigenvalue weighted by molar-refractivity contribution is 6.22. The topological polar surface area (TPSA) is 12.9 Å². The first-order chi connectivity index (χ1) is 7.07. The lowest BCUT2D eigenvalue weighted by Gasteiger charge is -2.32. The van der Waals surface area contributed by atoms with Gasteiger partial charge in [-0.15, -0.1) is 11.6 Å². The molecule has 1 heterocycles. The molecule has 0 amide bonds. The Morgan fingerprint density at radius 2 is 2.27 bits per heavy atom. The lowest BCUT2D eigenvalue weighted by Crippen LogP contribution is -2.21. The molecule has 0 saturated heterocycles. The summed E-state index contributed by atoms with van der Waals surface area (Å²) in [5.41, 5.74) is 2.84. The maximum absolute atomic E-state index is 6.25. The lowest BCUT2D eigenvalue weighted by molar-refractivity contribution is 0.340. The van der Waals surface area contributed by atoms with E-state index in [9.17, 15) is 0 Å². The molecule has 1 nitrogen and oxygen atoms in total. The summed E-state index contributed by atoms with van der Waals surface area (Å²) in [7, 11) is 0. The second kappa shape index (κ2) is 3.97. The fourth-order valence-corrected chi connectivity index (χ4v) is 2.77. The van der Waals surface area contributed by atoms with Crippen molar-refractivity contribution >= 4 is 17.2 Å². The number of halogens is 1. The van der Waals surface area contributed by atoms with Gasteiger partial charge in [-0.25, -0.2) is 0 Å². The van der Waals surface area contributed by atoms with Gasteiger partial charge in [0.2, 0.25) is 0 Å². The Kier molecular flexibility index (Phi) is 2.83. The molecule has 0 aromatic carbocycles. The highest BCUT2D eigenvalue weighted by Gasteiger charge is 2.28. The standard InChI is InChI=1S/C13H16ClN/c1-13(2)7-11(6-12(14)8-13)10-4-3-5-15-9-10/h3-6,9,12H,7-8H2,1-2H3. The maximum Gasteiger partial charge on any atom is 0.0527 e. The lowest BCUT2D eigenvalue weighted by atomic mass is 9.76. The minimum Gasteiger partial charge on any atom is -0.264 e. The first-order valence-corrected chi connectivity index (χ1v) is 5.76. The van der Waals surface area contributed by atoms with Gasteiger partial charge in [-0.05, 0) is 35.5 Å². The van der Waals surface area contributed by atoms with Gasteiger partial charge in [-0.3, -0.25) is 4.98 Å². The third-order valence-electron chi connectivity index (χ3n) is 2.83. The Hall–Kier alpha value is -0.820. The average molecular weight is 222 g/mol. The van der Waals surface area contributed by atoms with Crippen LogP contribution in [0.5, 0.6) is 0 Å². The normalized spacial score (nSPS) is 24.7. The van der Waals surface area contributed by atoms with Gasteiger partial charge in [0.05, 0.1) is 5.38 Å². The van der Waals surface area contributed by atoms with Crippen LogP contribution in [0.25, 0.3) is 5.57 Å². The van der Waals surface area contributed by atoms with Gasteiger partial charge in [0, 0.05) is 12.4 Å². The molecule has 1 atom stereocenters. The third-order valence-corrected chi connectivity index (χ3v) is 3.11. The van der Waals surface area contributed by atoms with Gasteiger partial charge in [-0.1, -0.05) is 26.0 Å². The number of allylic oxidation sites excluding steroid dienone is 2. The monoisotopic (exact) mass is 221 g/mol.